The summed E-state index contributed by atoms with van der Waals surface area (Å²) < 4.78 is 14.6. The van der Waals surface area contributed by atoms with Crippen LogP contribution in [0.5, 0.6) is 5.75 Å². The van der Waals surface area contributed by atoms with Crippen molar-refractivity contribution in [2.45, 2.75) is 13.0 Å². The van der Waals surface area contributed by atoms with Crippen molar-refractivity contribution < 1.29 is 13.9 Å². The number of nitrogens with one attached hydrogen (secondary N) is 1. The number of aromatic nitrogens is 1. The SMILES string of the molecule is COc1ccc([C@@H]2C(C(=O)Nc3ccccc3)=C(C)N=c3s/c(=C/c4cc(Br)c(I)o4)c(=O)n32)cc1. The number of halogens is 2. The Morgan fingerprint density at radius 2 is 1.94 bits per heavy atom. The number of carbonyl (C=O) groups is 1. The summed E-state index contributed by atoms with van der Waals surface area (Å²) in [6, 6.07) is 17.7. The second-order valence-corrected chi connectivity index (χ2v) is 10.8. The standard InChI is InChI=1S/C26H19BrIN3O4S/c1-14-21(24(32)30-16-6-4-3-5-7-16)22(15-8-10-17(34-2)11-9-15)31-25(33)20(36-26(31)29-14)13-18-12-19(27)23(28)35-18/h3-13,22H,1-2H3,(H,30,32)/b20-13+/t22-/m1/s1. The van der Waals surface area contributed by atoms with Crippen LogP contribution in [0.25, 0.3) is 6.08 Å². The third kappa shape index (κ3) is 4.72. The minimum Gasteiger partial charge on any atom is -0.497 e. The Morgan fingerprint density at radius 1 is 1.22 bits per heavy atom. The van der Waals surface area contributed by atoms with Crippen LogP contribution in [0.2, 0.25) is 0 Å². The first-order valence-corrected chi connectivity index (χ1v) is 13.5. The van der Waals surface area contributed by atoms with E-state index in [1.807, 2.05) is 60.7 Å². The number of hydrogen-bond donors (Lipinski definition) is 1. The molecule has 0 unspecified atom stereocenters. The number of rotatable bonds is 5. The van der Waals surface area contributed by atoms with Gasteiger partial charge in [0.15, 0.2) is 8.57 Å². The van der Waals surface area contributed by atoms with Crippen LogP contribution < -0.4 is 24.9 Å². The monoisotopic (exact) mass is 675 g/mol. The van der Waals surface area contributed by atoms with E-state index < -0.39 is 6.04 Å². The number of fused-ring (bicyclic) bond motifs is 1. The molecule has 10 heteroatoms. The van der Waals surface area contributed by atoms with E-state index in [0.717, 1.165) is 10.0 Å². The predicted octanol–water partition coefficient (Wildman–Crippen LogP) is 4.84. The smallest absolute Gasteiger partial charge is 0.271 e. The number of benzene rings is 2. The molecule has 3 heterocycles. The third-order valence-corrected chi connectivity index (χ3v) is 8.78. The number of allylic oxidation sites excluding steroid dienone is 1. The zero-order chi connectivity index (χ0) is 25.4. The molecule has 0 fully saturated rings. The molecule has 1 aliphatic rings. The highest BCUT2D eigenvalue weighted by Gasteiger charge is 2.32. The van der Waals surface area contributed by atoms with Crippen molar-refractivity contribution in [2.75, 3.05) is 12.4 Å². The number of furan rings is 1. The zero-order valence-electron chi connectivity index (χ0n) is 19.1. The fourth-order valence-electron chi connectivity index (χ4n) is 4.00. The van der Waals surface area contributed by atoms with Gasteiger partial charge >= 0.3 is 0 Å². The molecule has 36 heavy (non-hydrogen) atoms. The van der Waals surface area contributed by atoms with Gasteiger partial charge < -0.3 is 14.5 Å². The predicted molar refractivity (Wildman–Crippen MR) is 151 cm³/mol. The van der Waals surface area contributed by atoms with Gasteiger partial charge in [0.25, 0.3) is 11.5 Å². The molecule has 2 aromatic carbocycles. The van der Waals surface area contributed by atoms with E-state index in [2.05, 4.69) is 48.8 Å². The summed E-state index contributed by atoms with van der Waals surface area (Å²) in [7, 11) is 1.59. The molecule has 1 N–H and O–H groups in total. The first-order valence-electron chi connectivity index (χ1n) is 10.8. The molecule has 0 saturated heterocycles. The summed E-state index contributed by atoms with van der Waals surface area (Å²) in [6.07, 6.45) is 1.70. The highest BCUT2D eigenvalue weighted by Crippen LogP contribution is 2.32. The van der Waals surface area contributed by atoms with Gasteiger partial charge in [-0.15, -0.1) is 0 Å². The lowest BCUT2D eigenvalue weighted by atomic mass is 9.95. The van der Waals surface area contributed by atoms with Gasteiger partial charge in [-0.25, -0.2) is 4.99 Å². The summed E-state index contributed by atoms with van der Waals surface area (Å²) in [5.41, 5.74) is 2.13. The Labute approximate surface area is 232 Å². The van der Waals surface area contributed by atoms with Crippen LogP contribution in [0.3, 0.4) is 0 Å². The first-order chi connectivity index (χ1) is 17.4. The first kappa shape index (κ1) is 24.7. The van der Waals surface area contributed by atoms with E-state index in [9.17, 15) is 9.59 Å². The van der Waals surface area contributed by atoms with Crippen LogP contribution in [-0.4, -0.2) is 17.6 Å². The third-order valence-electron chi connectivity index (χ3n) is 5.67. The number of carbonyl (C=O) groups excluding carboxylic acids is 1. The number of methoxy groups -OCH3 is 1. The van der Waals surface area contributed by atoms with Crippen molar-refractivity contribution in [1.82, 2.24) is 4.57 Å². The van der Waals surface area contributed by atoms with Crippen molar-refractivity contribution >= 4 is 67.5 Å². The summed E-state index contributed by atoms with van der Waals surface area (Å²) in [4.78, 5) is 32.4. The Kier molecular flexibility index (Phi) is 7.00. The number of anilines is 1. The normalized spacial score (nSPS) is 15.4. The second-order valence-electron chi connectivity index (χ2n) is 7.95. The van der Waals surface area contributed by atoms with E-state index >= 15 is 0 Å². The average Bonchev–Trinajstić information content (AvgIpc) is 3.35. The maximum absolute atomic E-state index is 13.7. The number of amides is 1. The number of nitrogens with zero attached hydrogens (tertiary/aromatic N) is 2. The fraction of sp³-hybridized carbons (Fsp3) is 0.115. The highest BCUT2D eigenvalue weighted by molar-refractivity contribution is 14.1. The number of thiazole rings is 1. The van der Waals surface area contributed by atoms with Crippen LogP contribution >= 0.6 is 49.9 Å². The van der Waals surface area contributed by atoms with E-state index in [-0.39, 0.29) is 11.5 Å². The molecular formula is C26H19BrIN3O4S. The Bertz CT molecular complexity index is 1650. The van der Waals surface area contributed by atoms with Gasteiger partial charge in [-0.3, -0.25) is 14.2 Å². The summed E-state index contributed by atoms with van der Waals surface area (Å²) in [5.74, 6) is 0.914. The van der Waals surface area contributed by atoms with Gasteiger partial charge in [0.05, 0.1) is 33.4 Å². The van der Waals surface area contributed by atoms with E-state index in [4.69, 9.17) is 9.15 Å². The molecule has 2 aromatic heterocycles. The Morgan fingerprint density at radius 3 is 2.58 bits per heavy atom. The lowest BCUT2D eigenvalue weighted by molar-refractivity contribution is -0.113. The number of ether oxygens (including phenoxy) is 1. The van der Waals surface area contributed by atoms with Crippen LogP contribution in [0.4, 0.5) is 5.69 Å². The molecule has 182 valence electrons. The van der Waals surface area contributed by atoms with Gasteiger partial charge in [0.1, 0.15) is 11.5 Å². The van der Waals surface area contributed by atoms with E-state index in [1.54, 1.807) is 24.7 Å². The van der Waals surface area contributed by atoms with Crippen LogP contribution in [-0.2, 0) is 4.79 Å². The maximum atomic E-state index is 13.7. The van der Waals surface area contributed by atoms with Crippen LogP contribution in [0, 0.1) is 3.77 Å². The van der Waals surface area contributed by atoms with Crippen LogP contribution in [0.15, 0.2) is 90.6 Å². The zero-order valence-corrected chi connectivity index (χ0v) is 23.7. The van der Waals surface area contributed by atoms with Crippen molar-refractivity contribution in [3.63, 3.8) is 0 Å². The van der Waals surface area contributed by atoms with Crippen LogP contribution in [0.1, 0.15) is 24.3 Å². The van der Waals surface area contributed by atoms with Crippen molar-refractivity contribution in [3.05, 3.63) is 111 Å². The van der Waals surface area contributed by atoms with Crippen molar-refractivity contribution in [1.29, 1.82) is 0 Å². The van der Waals surface area contributed by atoms with Crippen molar-refractivity contribution in [2.24, 2.45) is 4.99 Å². The number of hydrogen-bond acceptors (Lipinski definition) is 6. The fourth-order valence-corrected chi connectivity index (χ4v) is 5.74. The molecular weight excluding hydrogens is 657 g/mol. The van der Waals surface area contributed by atoms with Gasteiger partial charge in [0, 0.05) is 34.4 Å². The highest BCUT2D eigenvalue weighted by atomic mass is 127. The van der Waals surface area contributed by atoms with Gasteiger partial charge in [-0.1, -0.05) is 41.7 Å². The molecule has 1 atom stereocenters. The largest absolute Gasteiger partial charge is 0.497 e. The Balaban J connectivity index is 1.67. The van der Waals surface area contributed by atoms with E-state index in [0.29, 0.717) is 41.6 Å². The summed E-state index contributed by atoms with van der Waals surface area (Å²) in [5, 5.41) is 2.95. The molecule has 4 aromatic rings. The topological polar surface area (TPSA) is 85.8 Å². The minimum absolute atomic E-state index is 0.250. The minimum atomic E-state index is -0.665. The quantitative estimate of drug-likeness (QED) is 0.307. The molecule has 5 rings (SSSR count). The molecule has 0 bridgehead atoms. The lowest BCUT2D eigenvalue weighted by Gasteiger charge is -2.25. The molecule has 7 nitrogen and oxygen atoms in total. The molecule has 0 saturated carbocycles. The molecule has 0 radical (unpaired) electrons. The average molecular weight is 676 g/mol. The molecule has 0 aliphatic carbocycles. The summed E-state index contributed by atoms with van der Waals surface area (Å²) >= 11 is 6.77. The van der Waals surface area contributed by atoms with Crippen molar-refractivity contribution in [3.8, 4) is 5.75 Å². The maximum Gasteiger partial charge on any atom is 0.271 e. The van der Waals surface area contributed by atoms with Gasteiger partial charge in [0.2, 0.25) is 0 Å². The Hall–Kier alpha value is -2.96. The summed E-state index contributed by atoms with van der Waals surface area (Å²) in [6.45, 7) is 1.79. The molecule has 1 aliphatic heterocycles. The van der Waals surface area contributed by atoms with Gasteiger partial charge in [-0.2, -0.15) is 0 Å². The number of para-hydroxylation sites is 1. The molecule has 1 amide bonds. The van der Waals surface area contributed by atoms with E-state index in [1.165, 1.54) is 11.3 Å². The van der Waals surface area contributed by atoms with Gasteiger partial charge in [-0.05, 0) is 58.7 Å². The molecule has 0 spiro atoms. The second kappa shape index (κ2) is 10.2. The lowest BCUT2D eigenvalue weighted by Crippen LogP contribution is -2.40.